The van der Waals surface area contributed by atoms with Crippen molar-refractivity contribution in [3.63, 3.8) is 0 Å². The predicted molar refractivity (Wildman–Crippen MR) is 110 cm³/mol. The number of nitrogens with one attached hydrogen (secondary N) is 2. The highest BCUT2D eigenvalue weighted by Gasteiger charge is 2.12. The fourth-order valence-corrected chi connectivity index (χ4v) is 3.76. The van der Waals surface area contributed by atoms with Gasteiger partial charge < -0.3 is 15.2 Å². The van der Waals surface area contributed by atoms with Crippen LogP contribution < -0.4 is 10.2 Å². The van der Waals surface area contributed by atoms with Gasteiger partial charge in [-0.05, 0) is 35.4 Å². The van der Waals surface area contributed by atoms with Crippen molar-refractivity contribution in [2.45, 2.75) is 0 Å². The maximum absolute atomic E-state index is 4.14. The molecule has 1 fully saturated rings. The molecule has 0 atom stereocenters. The van der Waals surface area contributed by atoms with Crippen molar-refractivity contribution >= 4 is 16.6 Å². The summed E-state index contributed by atoms with van der Waals surface area (Å²) in [6.45, 7) is 4.23. The highest BCUT2D eigenvalue weighted by atomic mass is 15.2. The van der Waals surface area contributed by atoms with Crippen LogP contribution in [0.4, 0.5) is 5.69 Å². The van der Waals surface area contributed by atoms with Crippen LogP contribution in [0.15, 0.2) is 67.4 Å². The first-order valence-corrected chi connectivity index (χ1v) is 9.31. The summed E-state index contributed by atoms with van der Waals surface area (Å²) >= 11 is 0. The second-order valence-corrected chi connectivity index (χ2v) is 6.87. The Morgan fingerprint density at radius 1 is 0.815 bits per heavy atom. The maximum atomic E-state index is 4.14. The Morgan fingerprint density at radius 3 is 2.33 bits per heavy atom. The number of hydrogen-bond acceptors (Lipinski definition) is 4. The lowest BCUT2D eigenvalue weighted by molar-refractivity contribution is 0.589. The van der Waals surface area contributed by atoms with Gasteiger partial charge in [0.05, 0.1) is 0 Å². The standard InChI is InChI=1S/C22H21N5/c1-4-19(27-9-7-23-8-10-27)5-2-16(1)21-14-26-22-6-3-17(11-20(21)22)18-12-24-15-25-13-18/h1-6,11-15,23,26H,7-10H2. The summed E-state index contributed by atoms with van der Waals surface area (Å²) in [4.78, 5) is 14.1. The Bertz CT molecular complexity index is 1050. The molecule has 0 aliphatic carbocycles. The Hall–Kier alpha value is -3.18. The summed E-state index contributed by atoms with van der Waals surface area (Å²) in [5.74, 6) is 0. The summed E-state index contributed by atoms with van der Waals surface area (Å²) in [6.07, 6.45) is 7.35. The molecule has 0 saturated carbocycles. The van der Waals surface area contributed by atoms with E-state index in [1.165, 1.54) is 22.2 Å². The first-order valence-electron chi connectivity index (χ1n) is 9.31. The minimum atomic E-state index is 1.03. The highest BCUT2D eigenvalue weighted by Crippen LogP contribution is 2.32. The van der Waals surface area contributed by atoms with E-state index < -0.39 is 0 Å². The normalized spacial score (nSPS) is 14.6. The van der Waals surface area contributed by atoms with Gasteiger partial charge >= 0.3 is 0 Å². The van der Waals surface area contributed by atoms with Crippen molar-refractivity contribution in [2.24, 2.45) is 0 Å². The van der Waals surface area contributed by atoms with Crippen LogP contribution in [0.25, 0.3) is 33.2 Å². The summed E-state index contributed by atoms with van der Waals surface area (Å²) in [6, 6.07) is 15.3. The number of benzene rings is 2. The molecular formula is C22H21N5. The molecule has 0 amide bonds. The second kappa shape index (κ2) is 6.85. The van der Waals surface area contributed by atoms with Crippen LogP contribution in [0.1, 0.15) is 0 Å². The first kappa shape index (κ1) is 16.0. The molecule has 1 saturated heterocycles. The Labute approximate surface area is 158 Å². The molecule has 4 aromatic rings. The Morgan fingerprint density at radius 2 is 1.56 bits per heavy atom. The SMILES string of the molecule is c1ncc(-c2ccc3[nH]cc(-c4ccc(N5CCNCC5)cc4)c3c2)cn1. The van der Waals surface area contributed by atoms with Gasteiger partial charge in [0.25, 0.3) is 0 Å². The quantitative estimate of drug-likeness (QED) is 0.588. The average molecular weight is 355 g/mol. The molecule has 27 heavy (non-hydrogen) atoms. The zero-order valence-corrected chi connectivity index (χ0v) is 15.0. The molecule has 1 aliphatic rings. The van der Waals surface area contributed by atoms with Crippen LogP contribution >= 0.6 is 0 Å². The number of aromatic amines is 1. The minimum absolute atomic E-state index is 1.03. The smallest absolute Gasteiger partial charge is 0.115 e. The molecule has 3 heterocycles. The van der Waals surface area contributed by atoms with Crippen molar-refractivity contribution < 1.29 is 0 Å². The van der Waals surface area contributed by atoms with E-state index in [0.717, 1.165) is 42.8 Å². The van der Waals surface area contributed by atoms with E-state index in [9.17, 15) is 0 Å². The predicted octanol–water partition coefficient (Wildman–Crippen LogP) is 3.70. The maximum Gasteiger partial charge on any atom is 0.115 e. The summed E-state index contributed by atoms with van der Waals surface area (Å²) in [5, 5.41) is 4.62. The third kappa shape index (κ3) is 3.06. The van der Waals surface area contributed by atoms with Crippen LogP contribution in [-0.4, -0.2) is 41.1 Å². The molecule has 5 rings (SSSR count). The fraction of sp³-hybridized carbons (Fsp3) is 0.182. The van der Waals surface area contributed by atoms with Gasteiger partial charge in [0.15, 0.2) is 0 Å². The topological polar surface area (TPSA) is 56.8 Å². The monoisotopic (exact) mass is 355 g/mol. The van der Waals surface area contributed by atoms with Crippen molar-refractivity contribution in [3.05, 3.63) is 67.4 Å². The molecule has 0 unspecified atom stereocenters. The molecule has 2 N–H and O–H groups in total. The molecule has 2 aromatic carbocycles. The minimum Gasteiger partial charge on any atom is -0.369 e. The lowest BCUT2D eigenvalue weighted by atomic mass is 10.0. The van der Waals surface area contributed by atoms with Gasteiger partial charge in [-0.25, -0.2) is 9.97 Å². The number of hydrogen-bond donors (Lipinski definition) is 2. The molecular weight excluding hydrogens is 334 g/mol. The molecule has 2 aromatic heterocycles. The molecule has 5 nitrogen and oxygen atoms in total. The third-order valence-electron chi connectivity index (χ3n) is 5.24. The second-order valence-electron chi connectivity index (χ2n) is 6.87. The van der Waals surface area contributed by atoms with Crippen molar-refractivity contribution in [1.29, 1.82) is 0 Å². The number of rotatable bonds is 3. The number of piperazine rings is 1. The molecule has 134 valence electrons. The van der Waals surface area contributed by atoms with E-state index in [1.54, 1.807) is 6.33 Å². The van der Waals surface area contributed by atoms with E-state index in [2.05, 4.69) is 73.8 Å². The van der Waals surface area contributed by atoms with Crippen LogP contribution in [-0.2, 0) is 0 Å². The van der Waals surface area contributed by atoms with Gasteiger partial charge in [-0.3, -0.25) is 0 Å². The van der Waals surface area contributed by atoms with Crippen LogP contribution in [0.5, 0.6) is 0 Å². The van der Waals surface area contributed by atoms with E-state index in [0.29, 0.717) is 0 Å². The highest BCUT2D eigenvalue weighted by molar-refractivity contribution is 5.98. The number of H-pyrrole nitrogens is 1. The zero-order chi connectivity index (χ0) is 18.1. The van der Waals surface area contributed by atoms with Crippen molar-refractivity contribution in [2.75, 3.05) is 31.1 Å². The van der Waals surface area contributed by atoms with Crippen molar-refractivity contribution in [3.8, 4) is 22.3 Å². The van der Waals surface area contributed by atoms with Gasteiger partial charge in [0.2, 0.25) is 0 Å². The number of fused-ring (bicyclic) bond motifs is 1. The zero-order valence-electron chi connectivity index (χ0n) is 15.0. The number of nitrogens with zero attached hydrogens (tertiary/aromatic N) is 3. The molecule has 0 radical (unpaired) electrons. The molecule has 5 heteroatoms. The van der Waals surface area contributed by atoms with Gasteiger partial charge in [0.1, 0.15) is 6.33 Å². The Kier molecular flexibility index (Phi) is 4.07. The van der Waals surface area contributed by atoms with E-state index in [-0.39, 0.29) is 0 Å². The molecule has 0 spiro atoms. The summed E-state index contributed by atoms with van der Waals surface area (Å²) < 4.78 is 0. The van der Waals surface area contributed by atoms with E-state index in [1.807, 2.05) is 12.4 Å². The van der Waals surface area contributed by atoms with Gasteiger partial charge in [-0.2, -0.15) is 0 Å². The van der Waals surface area contributed by atoms with Crippen molar-refractivity contribution in [1.82, 2.24) is 20.3 Å². The molecule has 1 aliphatic heterocycles. The fourth-order valence-electron chi connectivity index (χ4n) is 3.76. The average Bonchev–Trinajstić information content (AvgIpc) is 3.18. The summed E-state index contributed by atoms with van der Waals surface area (Å²) in [5.41, 5.74) is 7.03. The van der Waals surface area contributed by atoms with Gasteiger partial charge in [-0.1, -0.05) is 18.2 Å². The Balaban J connectivity index is 1.51. The largest absolute Gasteiger partial charge is 0.369 e. The van der Waals surface area contributed by atoms with E-state index in [4.69, 9.17) is 0 Å². The first-order chi connectivity index (χ1) is 13.4. The third-order valence-corrected chi connectivity index (χ3v) is 5.24. The van der Waals surface area contributed by atoms with Gasteiger partial charge in [-0.15, -0.1) is 0 Å². The number of aromatic nitrogens is 3. The van der Waals surface area contributed by atoms with Crippen LogP contribution in [0, 0.1) is 0 Å². The lowest BCUT2D eigenvalue weighted by Crippen LogP contribution is -2.43. The van der Waals surface area contributed by atoms with E-state index >= 15 is 0 Å². The van der Waals surface area contributed by atoms with Crippen LogP contribution in [0.2, 0.25) is 0 Å². The van der Waals surface area contributed by atoms with Gasteiger partial charge in [0, 0.05) is 72.5 Å². The van der Waals surface area contributed by atoms with Crippen LogP contribution in [0.3, 0.4) is 0 Å². The lowest BCUT2D eigenvalue weighted by Gasteiger charge is -2.29. The number of anilines is 1. The molecule has 0 bridgehead atoms. The summed E-state index contributed by atoms with van der Waals surface area (Å²) in [7, 11) is 0.